The van der Waals surface area contributed by atoms with Crippen LogP contribution >= 0.6 is 0 Å². The number of benzene rings is 2. The minimum atomic E-state index is 0.00279. The van der Waals surface area contributed by atoms with Gasteiger partial charge in [-0.15, -0.1) is 0 Å². The molecule has 0 saturated carbocycles. The van der Waals surface area contributed by atoms with Gasteiger partial charge in [-0.1, -0.05) is 24.3 Å². The highest BCUT2D eigenvalue weighted by molar-refractivity contribution is 6.07. The number of aliphatic hydroxyl groups excluding tert-OH is 1. The number of fused-ring (bicyclic) bond motifs is 3. The number of nitrogens with zero attached hydrogens (tertiary/aromatic N) is 3. The van der Waals surface area contributed by atoms with Crippen LogP contribution in [0.1, 0.15) is 24.2 Å². The first-order valence-electron chi connectivity index (χ1n) is 9.68. The number of nitrogen functional groups attached to an aromatic ring is 1. The summed E-state index contributed by atoms with van der Waals surface area (Å²) in [5.74, 6) is 1.27. The summed E-state index contributed by atoms with van der Waals surface area (Å²) in [6, 6.07) is 13.8. The first-order chi connectivity index (χ1) is 14.1. The molecule has 0 bridgehead atoms. The number of carbonyl (C=O) groups excluding carboxylic acids is 1. The monoisotopic (exact) mass is 387 g/mol. The van der Waals surface area contributed by atoms with Crippen LogP contribution in [0.25, 0.3) is 33.1 Å². The second kappa shape index (κ2) is 6.86. The Hall–Kier alpha value is -3.45. The molecule has 5 rings (SSSR count). The van der Waals surface area contributed by atoms with Crippen LogP contribution in [0.3, 0.4) is 0 Å². The Kier molecular flexibility index (Phi) is 4.17. The number of nitrogens with two attached hydrogens (primary N) is 1. The van der Waals surface area contributed by atoms with Crippen molar-refractivity contribution in [1.82, 2.24) is 19.9 Å². The molecule has 1 fully saturated rings. The van der Waals surface area contributed by atoms with Gasteiger partial charge in [-0.2, -0.15) is 0 Å². The SMILES string of the molecule is Nc1nc2cc(-c3cccc(CO)c3)ccc2c2nc(CN3CCCC3=O)[nH]c12. The molecule has 146 valence electrons. The maximum absolute atomic E-state index is 11.9. The van der Waals surface area contributed by atoms with E-state index in [-0.39, 0.29) is 12.5 Å². The van der Waals surface area contributed by atoms with Crippen LogP contribution in [0.4, 0.5) is 5.82 Å². The van der Waals surface area contributed by atoms with E-state index in [9.17, 15) is 9.90 Å². The molecule has 0 aliphatic carbocycles. The lowest BCUT2D eigenvalue weighted by molar-refractivity contribution is -0.128. The molecule has 7 heteroatoms. The largest absolute Gasteiger partial charge is 0.392 e. The highest BCUT2D eigenvalue weighted by Gasteiger charge is 2.22. The summed E-state index contributed by atoms with van der Waals surface area (Å²) in [5, 5.41) is 10.3. The molecule has 2 aromatic carbocycles. The second-order valence-electron chi connectivity index (χ2n) is 7.41. The summed E-state index contributed by atoms with van der Waals surface area (Å²) in [6.07, 6.45) is 1.50. The van der Waals surface area contributed by atoms with Crippen molar-refractivity contribution < 1.29 is 9.90 Å². The van der Waals surface area contributed by atoms with Gasteiger partial charge in [-0.25, -0.2) is 9.97 Å². The number of nitrogens with one attached hydrogen (secondary N) is 1. The van der Waals surface area contributed by atoms with Crippen LogP contribution in [0.15, 0.2) is 42.5 Å². The van der Waals surface area contributed by atoms with E-state index in [4.69, 9.17) is 10.7 Å². The van der Waals surface area contributed by atoms with Crippen molar-refractivity contribution in [3.8, 4) is 11.1 Å². The van der Waals surface area contributed by atoms with Crippen LogP contribution in [0.2, 0.25) is 0 Å². The van der Waals surface area contributed by atoms with E-state index in [1.807, 2.05) is 47.4 Å². The van der Waals surface area contributed by atoms with Crippen LogP contribution in [0.5, 0.6) is 0 Å². The number of likely N-dealkylation sites (tertiary alicyclic amines) is 1. The summed E-state index contributed by atoms with van der Waals surface area (Å²) in [6.45, 7) is 1.23. The molecule has 3 heterocycles. The molecular weight excluding hydrogens is 366 g/mol. The zero-order chi connectivity index (χ0) is 20.0. The Labute approximate surface area is 167 Å². The molecule has 7 nitrogen and oxygen atoms in total. The molecule has 0 unspecified atom stereocenters. The first-order valence-corrected chi connectivity index (χ1v) is 9.68. The van der Waals surface area contributed by atoms with Crippen LogP contribution < -0.4 is 5.73 Å². The molecule has 4 aromatic rings. The van der Waals surface area contributed by atoms with Gasteiger partial charge >= 0.3 is 0 Å². The number of carbonyl (C=O) groups is 1. The van der Waals surface area contributed by atoms with E-state index in [2.05, 4.69) is 9.97 Å². The molecule has 1 aliphatic heterocycles. The van der Waals surface area contributed by atoms with Gasteiger partial charge in [-0.05, 0) is 41.3 Å². The lowest BCUT2D eigenvalue weighted by atomic mass is 10.0. The van der Waals surface area contributed by atoms with Gasteiger partial charge in [0.25, 0.3) is 0 Å². The average molecular weight is 387 g/mol. The molecule has 0 atom stereocenters. The standard InChI is InChI=1S/C22H21N5O2/c23-22-21-20(25-18(26-21)11-27-8-2-5-19(27)29)16-7-6-15(10-17(16)24-22)14-4-1-3-13(9-14)12-28/h1,3-4,6-7,9-10,28H,2,5,8,11-12H2,(H2,23,24)(H,25,26). The maximum Gasteiger partial charge on any atom is 0.223 e. The van der Waals surface area contributed by atoms with E-state index in [0.717, 1.165) is 51.9 Å². The van der Waals surface area contributed by atoms with E-state index < -0.39 is 0 Å². The van der Waals surface area contributed by atoms with E-state index >= 15 is 0 Å². The fourth-order valence-electron chi connectivity index (χ4n) is 3.97. The third-order valence-corrected chi connectivity index (χ3v) is 5.46. The first kappa shape index (κ1) is 17.6. The number of aromatic nitrogens is 3. The summed E-state index contributed by atoms with van der Waals surface area (Å²) >= 11 is 0. The molecule has 2 aromatic heterocycles. The number of imidazole rings is 1. The number of rotatable bonds is 4. The van der Waals surface area contributed by atoms with Crippen molar-refractivity contribution in [3.63, 3.8) is 0 Å². The third-order valence-electron chi connectivity index (χ3n) is 5.46. The van der Waals surface area contributed by atoms with Gasteiger partial charge < -0.3 is 20.7 Å². The molecule has 1 saturated heterocycles. The second-order valence-corrected chi connectivity index (χ2v) is 7.41. The van der Waals surface area contributed by atoms with Gasteiger partial charge in [0.2, 0.25) is 5.91 Å². The quantitative estimate of drug-likeness (QED) is 0.499. The number of pyridine rings is 1. The number of H-pyrrole nitrogens is 1. The minimum Gasteiger partial charge on any atom is -0.392 e. The Morgan fingerprint density at radius 1 is 1.14 bits per heavy atom. The Balaban J connectivity index is 1.58. The van der Waals surface area contributed by atoms with Crippen molar-refractivity contribution >= 4 is 33.7 Å². The number of aliphatic hydroxyl groups is 1. The Morgan fingerprint density at radius 2 is 2.00 bits per heavy atom. The topological polar surface area (TPSA) is 108 Å². The van der Waals surface area contributed by atoms with Crippen molar-refractivity contribution in [2.24, 2.45) is 0 Å². The number of amides is 1. The van der Waals surface area contributed by atoms with Gasteiger partial charge in [0, 0.05) is 18.4 Å². The Bertz CT molecular complexity index is 1250. The summed E-state index contributed by atoms with van der Waals surface area (Å²) in [5.41, 5.74) is 11.3. The number of anilines is 1. The number of aromatic amines is 1. The predicted molar refractivity (Wildman–Crippen MR) is 112 cm³/mol. The molecule has 0 radical (unpaired) electrons. The molecule has 1 aliphatic rings. The summed E-state index contributed by atoms with van der Waals surface area (Å²) in [4.78, 5) is 26.3. The molecule has 4 N–H and O–H groups in total. The van der Waals surface area contributed by atoms with Crippen molar-refractivity contribution in [3.05, 3.63) is 53.9 Å². The van der Waals surface area contributed by atoms with Gasteiger partial charge in [0.05, 0.1) is 18.7 Å². The van der Waals surface area contributed by atoms with Gasteiger partial charge in [0.15, 0.2) is 0 Å². The third kappa shape index (κ3) is 3.09. The Morgan fingerprint density at radius 3 is 2.79 bits per heavy atom. The number of hydrogen-bond donors (Lipinski definition) is 3. The predicted octanol–water partition coefficient (Wildman–Crippen LogP) is 2.98. The average Bonchev–Trinajstić information content (AvgIpc) is 3.35. The van der Waals surface area contributed by atoms with Gasteiger partial charge in [0.1, 0.15) is 22.7 Å². The van der Waals surface area contributed by atoms with Gasteiger partial charge in [-0.3, -0.25) is 4.79 Å². The fraction of sp³-hybridized carbons (Fsp3) is 0.227. The zero-order valence-electron chi connectivity index (χ0n) is 15.9. The highest BCUT2D eigenvalue weighted by atomic mass is 16.3. The van der Waals surface area contributed by atoms with E-state index in [1.165, 1.54) is 0 Å². The molecular formula is C22H21N5O2. The molecule has 1 amide bonds. The molecule has 29 heavy (non-hydrogen) atoms. The normalized spacial score (nSPS) is 14.4. The highest BCUT2D eigenvalue weighted by Crippen LogP contribution is 2.30. The van der Waals surface area contributed by atoms with Crippen LogP contribution in [0, 0.1) is 0 Å². The molecule has 0 spiro atoms. The smallest absolute Gasteiger partial charge is 0.223 e. The lowest BCUT2D eigenvalue weighted by Crippen LogP contribution is -2.24. The lowest BCUT2D eigenvalue weighted by Gasteiger charge is -2.12. The van der Waals surface area contributed by atoms with E-state index in [0.29, 0.717) is 24.3 Å². The summed E-state index contributed by atoms with van der Waals surface area (Å²) < 4.78 is 0. The zero-order valence-corrected chi connectivity index (χ0v) is 15.9. The van der Waals surface area contributed by atoms with Crippen LogP contribution in [-0.2, 0) is 17.9 Å². The fourth-order valence-corrected chi connectivity index (χ4v) is 3.97. The number of hydrogen-bond acceptors (Lipinski definition) is 5. The van der Waals surface area contributed by atoms with Crippen molar-refractivity contribution in [2.45, 2.75) is 26.0 Å². The van der Waals surface area contributed by atoms with E-state index in [1.54, 1.807) is 0 Å². The summed E-state index contributed by atoms with van der Waals surface area (Å²) in [7, 11) is 0. The van der Waals surface area contributed by atoms with Crippen molar-refractivity contribution in [1.29, 1.82) is 0 Å². The van der Waals surface area contributed by atoms with Crippen molar-refractivity contribution in [2.75, 3.05) is 12.3 Å². The van der Waals surface area contributed by atoms with Crippen LogP contribution in [-0.4, -0.2) is 37.4 Å². The maximum atomic E-state index is 11.9. The minimum absolute atomic E-state index is 0.00279.